The van der Waals surface area contributed by atoms with Crippen molar-refractivity contribution in [1.29, 1.82) is 0 Å². The van der Waals surface area contributed by atoms with E-state index >= 15 is 0 Å². The van der Waals surface area contributed by atoms with E-state index in [-0.39, 0.29) is 29.7 Å². The fraction of sp³-hybridized carbons (Fsp3) is 0.667. The Balaban J connectivity index is 2.13. The molecule has 3 N–H and O–H groups in total. The lowest BCUT2D eigenvalue weighted by atomic mass is 9.63. The van der Waals surface area contributed by atoms with Crippen LogP contribution in [0.25, 0.3) is 0 Å². The third-order valence-electron chi connectivity index (χ3n) is 6.91. The predicted molar refractivity (Wildman–Crippen MR) is 114 cm³/mol. The van der Waals surface area contributed by atoms with Crippen LogP contribution in [0.4, 0.5) is 0 Å². The van der Waals surface area contributed by atoms with Gasteiger partial charge in [0.2, 0.25) is 5.60 Å². The molecular weight excluding hydrogens is 382 g/mol. The number of nitrogens with one attached hydrogen (secondary N) is 1. The highest BCUT2D eigenvalue weighted by Gasteiger charge is 2.64. The fourth-order valence-electron chi connectivity index (χ4n) is 5.27. The molecule has 6 nitrogen and oxygen atoms in total. The van der Waals surface area contributed by atoms with E-state index in [1.54, 1.807) is 0 Å². The number of ether oxygens (including phenoxy) is 1. The van der Waals surface area contributed by atoms with Crippen LogP contribution in [-0.4, -0.2) is 45.9 Å². The largest absolute Gasteiger partial charge is 0.444 e. The third kappa shape index (κ3) is 4.12. The molecule has 7 atom stereocenters. The number of hydrogen-bond donors (Lipinski definition) is 3. The van der Waals surface area contributed by atoms with Gasteiger partial charge in [-0.15, -0.1) is 0 Å². The van der Waals surface area contributed by atoms with Crippen LogP contribution in [0.5, 0.6) is 0 Å². The van der Waals surface area contributed by atoms with E-state index in [2.05, 4.69) is 39.1 Å². The molecule has 2 aliphatic heterocycles. The lowest BCUT2D eigenvalue weighted by Gasteiger charge is -2.45. The van der Waals surface area contributed by atoms with Crippen molar-refractivity contribution in [3.63, 3.8) is 0 Å². The first-order valence-electron chi connectivity index (χ1n) is 11.0. The van der Waals surface area contributed by atoms with Gasteiger partial charge in [-0.3, -0.25) is 4.79 Å². The van der Waals surface area contributed by atoms with Gasteiger partial charge in [0.05, 0.1) is 12.2 Å². The maximum absolute atomic E-state index is 13.4. The molecule has 1 fully saturated rings. The third-order valence-corrected chi connectivity index (χ3v) is 6.91. The zero-order valence-electron chi connectivity index (χ0n) is 18.6. The minimum atomic E-state index is -1.32. The molecule has 6 heteroatoms. The number of amides is 1. The van der Waals surface area contributed by atoms with Crippen LogP contribution in [0.2, 0.25) is 0 Å². The van der Waals surface area contributed by atoms with E-state index in [0.717, 1.165) is 18.1 Å². The highest BCUT2D eigenvalue weighted by atomic mass is 16.6. The van der Waals surface area contributed by atoms with Crippen LogP contribution in [0, 0.1) is 23.7 Å². The second-order valence-electron chi connectivity index (χ2n) is 9.64. The number of hydrogen-bond acceptors (Lipinski definition) is 5. The van der Waals surface area contributed by atoms with E-state index in [1.165, 1.54) is 11.6 Å². The molecular formula is C24H35NO5. The minimum Gasteiger partial charge on any atom is -0.444 e. The van der Waals surface area contributed by atoms with Crippen molar-refractivity contribution in [3.05, 3.63) is 35.5 Å². The number of rotatable bonds is 2. The standard InChI is InChI=1S/C24H35NO5/c1-13(2)10-18-22-16(5)15(4)12-17-11-14(3)6-7-19(26)20(27)8-9-21(28)30-24(17,22)23(29)25-18/h8-9,11-13,16-20,22,26-27H,6-7,10H2,1-5H3,(H,25,29)/b9-8+,14-11+/t16-,17-,18-,19-,20+,22+,24+/m0/s1. The van der Waals surface area contributed by atoms with Crippen molar-refractivity contribution in [2.45, 2.75) is 77.7 Å². The maximum atomic E-state index is 13.4. The lowest BCUT2D eigenvalue weighted by Crippen LogP contribution is -2.56. The topological polar surface area (TPSA) is 95.9 Å². The molecule has 30 heavy (non-hydrogen) atoms. The fourth-order valence-corrected chi connectivity index (χ4v) is 5.27. The quantitative estimate of drug-likeness (QED) is 0.474. The monoisotopic (exact) mass is 417 g/mol. The zero-order valence-corrected chi connectivity index (χ0v) is 18.6. The average Bonchev–Trinajstić information content (AvgIpc) is 2.93. The molecule has 0 radical (unpaired) electrons. The van der Waals surface area contributed by atoms with Gasteiger partial charge >= 0.3 is 5.97 Å². The predicted octanol–water partition coefficient (Wildman–Crippen LogP) is 2.66. The number of esters is 1. The van der Waals surface area contributed by atoms with Gasteiger partial charge in [0.15, 0.2) is 0 Å². The summed E-state index contributed by atoms with van der Waals surface area (Å²) in [7, 11) is 0. The summed E-state index contributed by atoms with van der Waals surface area (Å²) in [5.41, 5.74) is 0.858. The summed E-state index contributed by atoms with van der Waals surface area (Å²) in [6.45, 7) is 10.4. The van der Waals surface area contributed by atoms with Crippen LogP contribution < -0.4 is 5.32 Å². The highest BCUT2D eigenvalue weighted by Crippen LogP contribution is 2.50. The molecule has 1 amide bonds. The van der Waals surface area contributed by atoms with Gasteiger partial charge in [-0.2, -0.15) is 0 Å². The first-order chi connectivity index (χ1) is 14.1. The lowest BCUT2D eigenvalue weighted by molar-refractivity contribution is -0.172. The summed E-state index contributed by atoms with van der Waals surface area (Å²) < 4.78 is 5.99. The Morgan fingerprint density at radius 1 is 1.23 bits per heavy atom. The van der Waals surface area contributed by atoms with E-state index in [4.69, 9.17) is 4.74 Å². The van der Waals surface area contributed by atoms with Crippen molar-refractivity contribution < 1.29 is 24.5 Å². The maximum Gasteiger partial charge on any atom is 0.331 e. The van der Waals surface area contributed by atoms with Gasteiger partial charge in [0, 0.05) is 24.0 Å². The van der Waals surface area contributed by atoms with Crippen LogP contribution in [0.15, 0.2) is 35.5 Å². The van der Waals surface area contributed by atoms with Crippen molar-refractivity contribution in [2.24, 2.45) is 23.7 Å². The number of carbonyl (C=O) groups is 2. The van der Waals surface area contributed by atoms with Crippen LogP contribution in [-0.2, 0) is 14.3 Å². The molecule has 2 heterocycles. The number of aliphatic hydroxyl groups is 2. The summed E-state index contributed by atoms with van der Waals surface area (Å²) in [6.07, 6.45) is 6.06. The Morgan fingerprint density at radius 2 is 1.93 bits per heavy atom. The molecule has 1 aliphatic carbocycles. The number of aliphatic hydroxyl groups excluding tert-OH is 2. The van der Waals surface area contributed by atoms with E-state index in [0.29, 0.717) is 18.8 Å². The van der Waals surface area contributed by atoms with Crippen molar-refractivity contribution >= 4 is 11.9 Å². The summed E-state index contributed by atoms with van der Waals surface area (Å²) in [5.74, 6) is -1.02. The van der Waals surface area contributed by atoms with Crippen LogP contribution >= 0.6 is 0 Å². The molecule has 0 aromatic rings. The SMILES string of the molecule is CC1=C[C@@H]2/C=C(\C)CC[C@H](O)[C@H](O)/C=C/C(=O)O[C@]23C(=O)N[C@@H](CC(C)C)[C@H]3[C@H]1C. The molecule has 0 aromatic heterocycles. The van der Waals surface area contributed by atoms with E-state index < -0.39 is 23.8 Å². The van der Waals surface area contributed by atoms with Crippen LogP contribution in [0.1, 0.15) is 53.9 Å². The first-order valence-corrected chi connectivity index (χ1v) is 11.0. The number of carbonyl (C=O) groups excluding carboxylic acids is 2. The zero-order chi connectivity index (χ0) is 22.2. The Morgan fingerprint density at radius 3 is 2.60 bits per heavy atom. The van der Waals surface area contributed by atoms with Gasteiger partial charge < -0.3 is 20.3 Å². The molecule has 1 saturated heterocycles. The van der Waals surface area contributed by atoms with Gasteiger partial charge in [-0.25, -0.2) is 4.79 Å². The highest BCUT2D eigenvalue weighted by molar-refractivity contribution is 5.94. The second-order valence-corrected chi connectivity index (χ2v) is 9.64. The van der Waals surface area contributed by atoms with Crippen molar-refractivity contribution in [1.82, 2.24) is 5.32 Å². The van der Waals surface area contributed by atoms with Gasteiger partial charge in [0.1, 0.15) is 0 Å². The average molecular weight is 418 g/mol. The van der Waals surface area contributed by atoms with Crippen molar-refractivity contribution in [3.8, 4) is 0 Å². The molecule has 1 spiro atoms. The Labute approximate surface area is 179 Å². The van der Waals surface area contributed by atoms with E-state index in [9.17, 15) is 19.8 Å². The first kappa shape index (κ1) is 22.8. The van der Waals surface area contributed by atoms with Gasteiger partial charge in [0.25, 0.3) is 5.91 Å². The molecule has 0 aromatic carbocycles. The smallest absolute Gasteiger partial charge is 0.331 e. The summed E-state index contributed by atoms with van der Waals surface area (Å²) in [6, 6.07) is -0.0792. The summed E-state index contributed by atoms with van der Waals surface area (Å²) in [4.78, 5) is 26.2. The van der Waals surface area contributed by atoms with Crippen molar-refractivity contribution in [2.75, 3.05) is 0 Å². The number of allylic oxidation sites excluding steroid dienone is 2. The normalized spacial score (nSPS) is 42.5. The molecule has 0 saturated carbocycles. The summed E-state index contributed by atoms with van der Waals surface area (Å²) in [5, 5.41) is 23.4. The summed E-state index contributed by atoms with van der Waals surface area (Å²) >= 11 is 0. The van der Waals surface area contributed by atoms with Gasteiger partial charge in [-0.1, -0.05) is 44.1 Å². The second kappa shape index (κ2) is 8.67. The van der Waals surface area contributed by atoms with Crippen LogP contribution in [0.3, 0.4) is 0 Å². The Bertz CT molecular complexity index is 782. The molecule has 166 valence electrons. The Kier molecular flexibility index (Phi) is 6.58. The minimum absolute atomic E-state index is 0.0785. The van der Waals surface area contributed by atoms with Gasteiger partial charge in [-0.05, 0) is 51.0 Å². The molecule has 0 unspecified atom stereocenters. The van der Waals surface area contributed by atoms with E-state index in [1.807, 2.05) is 13.0 Å². The molecule has 3 rings (SSSR count). The molecule has 0 bridgehead atoms. The Hall–Kier alpha value is -1.92. The molecule has 3 aliphatic rings.